The lowest BCUT2D eigenvalue weighted by atomic mass is 10.1. The van der Waals surface area contributed by atoms with Crippen LogP contribution < -0.4 is 5.32 Å². The molecule has 20 heavy (non-hydrogen) atoms. The molecule has 0 unspecified atom stereocenters. The Morgan fingerprint density at radius 3 is 2.75 bits per heavy atom. The van der Waals surface area contributed by atoms with Gasteiger partial charge in [0.1, 0.15) is 5.82 Å². The molecule has 0 radical (unpaired) electrons. The highest BCUT2D eigenvalue weighted by atomic mass is 79.9. The normalized spacial score (nSPS) is 10.3. The van der Waals surface area contributed by atoms with Gasteiger partial charge in [-0.1, -0.05) is 27.5 Å². The van der Waals surface area contributed by atoms with Gasteiger partial charge in [0.25, 0.3) is 0 Å². The number of carboxylic acid groups (broad SMARTS) is 1. The summed E-state index contributed by atoms with van der Waals surface area (Å²) in [6, 6.07) is 9.30. The van der Waals surface area contributed by atoms with E-state index in [0.29, 0.717) is 17.3 Å². The van der Waals surface area contributed by atoms with E-state index in [1.807, 2.05) is 12.1 Å². The van der Waals surface area contributed by atoms with E-state index >= 15 is 0 Å². The van der Waals surface area contributed by atoms with E-state index in [9.17, 15) is 9.18 Å². The summed E-state index contributed by atoms with van der Waals surface area (Å²) >= 11 is 9.40. The van der Waals surface area contributed by atoms with Crippen molar-refractivity contribution < 1.29 is 14.3 Å². The van der Waals surface area contributed by atoms with Crippen LogP contribution in [-0.2, 0) is 6.54 Å². The van der Waals surface area contributed by atoms with Crippen LogP contribution in [0.5, 0.6) is 0 Å². The number of aromatic carboxylic acids is 1. The number of halogens is 3. The highest BCUT2D eigenvalue weighted by Gasteiger charge is 2.11. The van der Waals surface area contributed by atoms with Crippen molar-refractivity contribution in [1.29, 1.82) is 0 Å². The first kappa shape index (κ1) is 14.8. The third kappa shape index (κ3) is 3.49. The third-order valence-electron chi connectivity index (χ3n) is 2.69. The quantitative estimate of drug-likeness (QED) is 0.843. The number of hydrogen-bond donors (Lipinski definition) is 2. The van der Waals surface area contributed by atoms with E-state index in [-0.39, 0.29) is 5.56 Å². The number of carbonyl (C=O) groups is 1. The zero-order chi connectivity index (χ0) is 14.7. The molecule has 0 fully saturated rings. The van der Waals surface area contributed by atoms with Crippen molar-refractivity contribution in [3.05, 3.63) is 62.8 Å². The predicted molar refractivity (Wildman–Crippen MR) is 79.8 cm³/mol. The Morgan fingerprint density at radius 2 is 2.05 bits per heavy atom. The maximum atomic E-state index is 13.3. The fourth-order valence-corrected chi connectivity index (χ4v) is 2.27. The molecular weight excluding hydrogens is 349 g/mol. The van der Waals surface area contributed by atoms with Crippen molar-refractivity contribution in [2.45, 2.75) is 6.54 Å². The zero-order valence-corrected chi connectivity index (χ0v) is 12.5. The van der Waals surface area contributed by atoms with Gasteiger partial charge < -0.3 is 10.4 Å². The van der Waals surface area contributed by atoms with Crippen molar-refractivity contribution in [2.75, 3.05) is 5.32 Å². The Kier molecular flexibility index (Phi) is 4.62. The Bertz CT molecular complexity index is 664. The first-order valence-electron chi connectivity index (χ1n) is 5.68. The Morgan fingerprint density at radius 1 is 1.30 bits per heavy atom. The van der Waals surface area contributed by atoms with Crippen molar-refractivity contribution in [3.8, 4) is 0 Å². The second-order valence-electron chi connectivity index (χ2n) is 4.09. The van der Waals surface area contributed by atoms with Crippen LogP contribution in [-0.4, -0.2) is 11.1 Å². The third-order valence-corrected chi connectivity index (χ3v) is 3.55. The molecule has 2 aromatic rings. The van der Waals surface area contributed by atoms with Gasteiger partial charge in [0.15, 0.2) is 0 Å². The zero-order valence-electron chi connectivity index (χ0n) is 10.2. The molecule has 0 heterocycles. The summed E-state index contributed by atoms with van der Waals surface area (Å²) in [5.41, 5.74) is 0.998. The molecule has 0 bridgehead atoms. The molecule has 2 N–H and O–H groups in total. The van der Waals surface area contributed by atoms with E-state index in [4.69, 9.17) is 16.7 Å². The van der Waals surface area contributed by atoms with E-state index in [1.54, 1.807) is 6.07 Å². The molecule has 2 rings (SSSR count). The maximum absolute atomic E-state index is 13.3. The summed E-state index contributed by atoms with van der Waals surface area (Å²) < 4.78 is 14.2. The van der Waals surface area contributed by atoms with E-state index in [2.05, 4.69) is 21.2 Å². The summed E-state index contributed by atoms with van der Waals surface area (Å²) in [6.07, 6.45) is 0. The Balaban J connectivity index is 2.17. The standard InChI is InChI=1S/C14H10BrClFNO2/c15-9-1-3-12(16)8(5-9)7-18-10-2-4-13(17)11(6-10)14(19)20/h1-6,18H,7H2,(H,19,20). The smallest absolute Gasteiger partial charge is 0.338 e. The van der Waals surface area contributed by atoms with Crippen LogP contribution >= 0.6 is 27.5 Å². The number of carboxylic acids is 1. The minimum atomic E-state index is -1.30. The van der Waals surface area contributed by atoms with Crippen LogP contribution in [0.2, 0.25) is 5.02 Å². The maximum Gasteiger partial charge on any atom is 0.338 e. The second-order valence-corrected chi connectivity index (χ2v) is 5.41. The van der Waals surface area contributed by atoms with Crippen molar-refractivity contribution in [3.63, 3.8) is 0 Å². The molecule has 0 saturated heterocycles. The molecule has 0 atom stereocenters. The molecule has 0 spiro atoms. The van der Waals surface area contributed by atoms with Gasteiger partial charge in [-0.25, -0.2) is 9.18 Å². The Labute approximate surface area is 128 Å². The van der Waals surface area contributed by atoms with Gasteiger partial charge in [-0.15, -0.1) is 0 Å². The molecule has 0 amide bonds. The minimum Gasteiger partial charge on any atom is -0.478 e. The van der Waals surface area contributed by atoms with E-state index < -0.39 is 11.8 Å². The van der Waals surface area contributed by atoms with Gasteiger partial charge in [0.05, 0.1) is 5.56 Å². The average Bonchev–Trinajstić information content (AvgIpc) is 2.41. The van der Waals surface area contributed by atoms with Crippen molar-refractivity contribution in [1.82, 2.24) is 0 Å². The summed E-state index contributed by atoms with van der Waals surface area (Å²) in [5.74, 6) is -2.06. The SMILES string of the molecule is O=C(O)c1cc(NCc2cc(Br)ccc2Cl)ccc1F. The van der Waals surface area contributed by atoms with Gasteiger partial charge in [0, 0.05) is 21.7 Å². The molecule has 0 aliphatic heterocycles. The fraction of sp³-hybridized carbons (Fsp3) is 0.0714. The number of nitrogens with one attached hydrogen (secondary N) is 1. The fourth-order valence-electron chi connectivity index (χ4n) is 1.68. The number of hydrogen-bond acceptors (Lipinski definition) is 2. The lowest BCUT2D eigenvalue weighted by molar-refractivity contribution is 0.0692. The minimum absolute atomic E-state index is 0.365. The monoisotopic (exact) mass is 357 g/mol. The number of benzene rings is 2. The van der Waals surface area contributed by atoms with E-state index in [1.165, 1.54) is 12.1 Å². The number of rotatable bonds is 4. The first-order valence-corrected chi connectivity index (χ1v) is 6.85. The van der Waals surface area contributed by atoms with Gasteiger partial charge in [0.2, 0.25) is 0 Å². The summed E-state index contributed by atoms with van der Waals surface area (Å²) in [4.78, 5) is 10.9. The number of anilines is 1. The largest absolute Gasteiger partial charge is 0.478 e. The molecule has 104 valence electrons. The van der Waals surface area contributed by atoms with Crippen LogP contribution in [0.15, 0.2) is 40.9 Å². The van der Waals surface area contributed by atoms with Crippen LogP contribution in [0.1, 0.15) is 15.9 Å². The predicted octanol–water partition coefficient (Wildman–Crippen LogP) is 4.55. The van der Waals surface area contributed by atoms with Crippen LogP contribution in [0.3, 0.4) is 0 Å². The average molecular weight is 359 g/mol. The topological polar surface area (TPSA) is 49.3 Å². The highest BCUT2D eigenvalue weighted by Crippen LogP contribution is 2.22. The first-order chi connectivity index (χ1) is 9.47. The summed E-state index contributed by atoms with van der Waals surface area (Å²) in [6.45, 7) is 0.406. The van der Waals surface area contributed by atoms with E-state index in [0.717, 1.165) is 16.1 Å². The van der Waals surface area contributed by atoms with Crippen molar-refractivity contribution >= 4 is 39.2 Å². The van der Waals surface area contributed by atoms with Crippen LogP contribution in [0.4, 0.5) is 10.1 Å². The van der Waals surface area contributed by atoms with Gasteiger partial charge >= 0.3 is 5.97 Å². The molecule has 2 aromatic carbocycles. The molecular formula is C14H10BrClFNO2. The highest BCUT2D eigenvalue weighted by molar-refractivity contribution is 9.10. The molecule has 6 heteroatoms. The molecule has 0 saturated carbocycles. The Hall–Kier alpha value is -1.59. The van der Waals surface area contributed by atoms with Crippen LogP contribution in [0, 0.1) is 5.82 Å². The van der Waals surface area contributed by atoms with Gasteiger partial charge in [-0.2, -0.15) is 0 Å². The van der Waals surface area contributed by atoms with Gasteiger partial charge in [-0.05, 0) is 42.0 Å². The molecule has 3 nitrogen and oxygen atoms in total. The second kappa shape index (κ2) is 6.24. The van der Waals surface area contributed by atoms with Crippen molar-refractivity contribution in [2.24, 2.45) is 0 Å². The summed E-state index contributed by atoms with van der Waals surface area (Å²) in [7, 11) is 0. The lowest BCUT2D eigenvalue weighted by Gasteiger charge is -2.09. The summed E-state index contributed by atoms with van der Waals surface area (Å²) in [5, 5.41) is 12.5. The van der Waals surface area contributed by atoms with Gasteiger partial charge in [-0.3, -0.25) is 0 Å². The molecule has 0 aromatic heterocycles. The molecule has 0 aliphatic carbocycles. The lowest BCUT2D eigenvalue weighted by Crippen LogP contribution is -2.04. The molecule has 0 aliphatic rings. The van der Waals surface area contributed by atoms with Crippen LogP contribution in [0.25, 0.3) is 0 Å².